The van der Waals surface area contributed by atoms with Crippen LogP contribution in [0.25, 0.3) is 0 Å². The molecule has 0 saturated carbocycles. The molecule has 1 N–H and O–H groups in total. The first-order chi connectivity index (χ1) is 7.35. The zero-order valence-corrected chi connectivity index (χ0v) is 11.2. The molecule has 0 spiro atoms. The SMILES string of the molecule is CC(C)COC(CO)OCCOC(C)(C)C. The van der Waals surface area contributed by atoms with Crippen LogP contribution in [-0.4, -0.2) is 43.4 Å². The topological polar surface area (TPSA) is 47.9 Å². The third kappa shape index (κ3) is 10.4. The Morgan fingerprint density at radius 1 is 1.06 bits per heavy atom. The van der Waals surface area contributed by atoms with Gasteiger partial charge in [0.25, 0.3) is 0 Å². The highest BCUT2D eigenvalue weighted by atomic mass is 16.7. The zero-order valence-electron chi connectivity index (χ0n) is 11.2. The lowest BCUT2D eigenvalue weighted by Crippen LogP contribution is -2.27. The number of aliphatic hydroxyl groups excluding tert-OH is 1. The van der Waals surface area contributed by atoms with Crippen molar-refractivity contribution in [2.45, 2.75) is 46.5 Å². The van der Waals surface area contributed by atoms with E-state index >= 15 is 0 Å². The van der Waals surface area contributed by atoms with Crippen LogP contribution in [0.2, 0.25) is 0 Å². The second-order valence-corrected chi connectivity index (χ2v) is 5.17. The van der Waals surface area contributed by atoms with E-state index in [9.17, 15) is 0 Å². The molecule has 0 aromatic carbocycles. The molecule has 4 nitrogen and oxygen atoms in total. The molecular formula is C12H26O4. The molecule has 1 atom stereocenters. The van der Waals surface area contributed by atoms with Gasteiger partial charge in [-0.15, -0.1) is 0 Å². The molecular weight excluding hydrogens is 208 g/mol. The summed E-state index contributed by atoms with van der Waals surface area (Å²) in [5.41, 5.74) is -0.156. The van der Waals surface area contributed by atoms with Crippen molar-refractivity contribution in [3.8, 4) is 0 Å². The Kier molecular flexibility index (Phi) is 7.93. The second-order valence-electron chi connectivity index (χ2n) is 5.17. The number of rotatable bonds is 8. The minimum atomic E-state index is -0.536. The van der Waals surface area contributed by atoms with Crippen LogP contribution in [0.5, 0.6) is 0 Å². The summed E-state index contributed by atoms with van der Waals surface area (Å²) in [6, 6.07) is 0. The summed E-state index contributed by atoms with van der Waals surface area (Å²) in [6.07, 6.45) is -0.536. The third-order valence-electron chi connectivity index (χ3n) is 1.69. The number of ether oxygens (including phenoxy) is 3. The third-order valence-corrected chi connectivity index (χ3v) is 1.69. The fourth-order valence-corrected chi connectivity index (χ4v) is 0.981. The maximum atomic E-state index is 9.01. The van der Waals surface area contributed by atoms with Gasteiger partial charge in [-0.05, 0) is 26.7 Å². The number of hydrogen-bond acceptors (Lipinski definition) is 4. The van der Waals surface area contributed by atoms with Gasteiger partial charge in [0.1, 0.15) is 0 Å². The van der Waals surface area contributed by atoms with Crippen molar-refractivity contribution in [3.63, 3.8) is 0 Å². The van der Waals surface area contributed by atoms with E-state index in [1.54, 1.807) is 0 Å². The van der Waals surface area contributed by atoms with Crippen molar-refractivity contribution in [2.24, 2.45) is 5.92 Å². The maximum Gasteiger partial charge on any atom is 0.180 e. The van der Waals surface area contributed by atoms with E-state index < -0.39 is 6.29 Å². The van der Waals surface area contributed by atoms with Gasteiger partial charge in [-0.25, -0.2) is 0 Å². The Balaban J connectivity index is 3.55. The van der Waals surface area contributed by atoms with E-state index in [2.05, 4.69) is 13.8 Å². The molecule has 0 aliphatic rings. The van der Waals surface area contributed by atoms with Gasteiger partial charge in [0.15, 0.2) is 6.29 Å². The van der Waals surface area contributed by atoms with Gasteiger partial charge in [0.05, 0.1) is 32.0 Å². The van der Waals surface area contributed by atoms with Crippen molar-refractivity contribution in [3.05, 3.63) is 0 Å². The summed E-state index contributed by atoms with van der Waals surface area (Å²) >= 11 is 0. The van der Waals surface area contributed by atoms with Gasteiger partial charge in [-0.3, -0.25) is 0 Å². The molecule has 0 aliphatic carbocycles. The van der Waals surface area contributed by atoms with Gasteiger partial charge < -0.3 is 19.3 Å². The molecule has 0 fully saturated rings. The predicted molar refractivity (Wildman–Crippen MR) is 63.3 cm³/mol. The first-order valence-corrected chi connectivity index (χ1v) is 5.83. The van der Waals surface area contributed by atoms with Crippen molar-refractivity contribution in [1.29, 1.82) is 0 Å². The van der Waals surface area contributed by atoms with Gasteiger partial charge in [0.2, 0.25) is 0 Å². The summed E-state index contributed by atoms with van der Waals surface area (Å²) in [5, 5.41) is 9.01. The average Bonchev–Trinajstić information content (AvgIpc) is 2.15. The molecule has 98 valence electrons. The Hall–Kier alpha value is -0.160. The Morgan fingerprint density at radius 3 is 2.12 bits per heavy atom. The van der Waals surface area contributed by atoms with Gasteiger partial charge in [-0.1, -0.05) is 13.8 Å². The summed E-state index contributed by atoms with van der Waals surface area (Å²) in [4.78, 5) is 0. The molecule has 0 heterocycles. The van der Waals surface area contributed by atoms with Gasteiger partial charge >= 0.3 is 0 Å². The molecule has 16 heavy (non-hydrogen) atoms. The van der Waals surface area contributed by atoms with Crippen LogP contribution in [0, 0.1) is 5.92 Å². The highest BCUT2D eigenvalue weighted by Gasteiger charge is 2.12. The lowest BCUT2D eigenvalue weighted by atomic mass is 10.2. The molecule has 0 radical (unpaired) electrons. The quantitative estimate of drug-likeness (QED) is 0.514. The van der Waals surface area contributed by atoms with Crippen LogP contribution < -0.4 is 0 Å². The summed E-state index contributed by atoms with van der Waals surface area (Å²) in [7, 11) is 0. The molecule has 4 heteroatoms. The van der Waals surface area contributed by atoms with Crippen LogP contribution >= 0.6 is 0 Å². The summed E-state index contributed by atoms with van der Waals surface area (Å²) in [6.45, 7) is 11.5. The van der Waals surface area contributed by atoms with Crippen molar-refractivity contribution >= 4 is 0 Å². The van der Waals surface area contributed by atoms with E-state index in [0.29, 0.717) is 25.7 Å². The van der Waals surface area contributed by atoms with Gasteiger partial charge in [0, 0.05) is 0 Å². The summed E-state index contributed by atoms with van der Waals surface area (Å²) < 4.78 is 16.2. The molecule has 0 bridgehead atoms. The number of hydrogen-bond donors (Lipinski definition) is 1. The zero-order chi connectivity index (χ0) is 12.6. The maximum absolute atomic E-state index is 9.01. The smallest absolute Gasteiger partial charge is 0.180 e. The molecule has 0 rings (SSSR count). The van der Waals surface area contributed by atoms with Gasteiger partial charge in [-0.2, -0.15) is 0 Å². The van der Waals surface area contributed by atoms with E-state index in [-0.39, 0.29) is 12.2 Å². The van der Waals surface area contributed by atoms with Crippen LogP contribution in [-0.2, 0) is 14.2 Å². The lowest BCUT2D eigenvalue weighted by molar-refractivity contribution is -0.178. The fourth-order valence-electron chi connectivity index (χ4n) is 0.981. The predicted octanol–water partition coefficient (Wildman–Crippen LogP) is 1.81. The van der Waals surface area contributed by atoms with E-state index in [0.717, 1.165) is 0 Å². The number of aliphatic hydroxyl groups is 1. The Morgan fingerprint density at radius 2 is 1.69 bits per heavy atom. The van der Waals surface area contributed by atoms with E-state index in [4.69, 9.17) is 19.3 Å². The van der Waals surface area contributed by atoms with E-state index in [1.165, 1.54) is 0 Å². The average molecular weight is 234 g/mol. The standard InChI is InChI=1S/C12H26O4/c1-10(2)9-15-11(8-13)14-6-7-16-12(3,4)5/h10-11,13H,6-9H2,1-5H3. The second kappa shape index (κ2) is 8.01. The molecule has 0 amide bonds. The monoisotopic (exact) mass is 234 g/mol. The highest BCUT2D eigenvalue weighted by Crippen LogP contribution is 2.06. The Bertz CT molecular complexity index is 163. The van der Waals surface area contributed by atoms with E-state index in [1.807, 2.05) is 20.8 Å². The normalized spacial score (nSPS) is 14.4. The van der Waals surface area contributed by atoms with Crippen molar-refractivity contribution in [2.75, 3.05) is 26.4 Å². The van der Waals surface area contributed by atoms with Crippen LogP contribution in [0.3, 0.4) is 0 Å². The summed E-state index contributed by atoms with van der Waals surface area (Å²) in [5.74, 6) is 0.434. The van der Waals surface area contributed by atoms with Crippen LogP contribution in [0.4, 0.5) is 0 Å². The molecule has 0 aromatic heterocycles. The first-order valence-electron chi connectivity index (χ1n) is 5.83. The largest absolute Gasteiger partial charge is 0.391 e. The molecule has 0 aliphatic heterocycles. The minimum absolute atomic E-state index is 0.123. The highest BCUT2D eigenvalue weighted by molar-refractivity contribution is 4.58. The fraction of sp³-hybridized carbons (Fsp3) is 1.00. The molecule has 0 saturated heterocycles. The minimum Gasteiger partial charge on any atom is -0.391 e. The van der Waals surface area contributed by atoms with Crippen LogP contribution in [0.1, 0.15) is 34.6 Å². The van der Waals surface area contributed by atoms with Crippen LogP contribution in [0.15, 0.2) is 0 Å². The molecule has 1 unspecified atom stereocenters. The first kappa shape index (κ1) is 15.8. The van der Waals surface area contributed by atoms with Crippen molar-refractivity contribution < 1.29 is 19.3 Å². The molecule has 0 aromatic rings. The van der Waals surface area contributed by atoms with Crippen molar-refractivity contribution in [1.82, 2.24) is 0 Å². The lowest BCUT2D eigenvalue weighted by Gasteiger charge is -2.21. The Labute approximate surface area is 98.9 Å².